The van der Waals surface area contributed by atoms with Crippen molar-refractivity contribution in [2.45, 2.75) is 36.8 Å². The highest BCUT2D eigenvalue weighted by atomic mass is 16.2. The first-order valence-corrected chi connectivity index (χ1v) is 10.9. The molecule has 2 amide bonds. The summed E-state index contributed by atoms with van der Waals surface area (Å²) in [5, 5.41) is 3.29. The molecule has 2 aromatic heterocycles. The fraction of sp³-hybridized carbons (Fsp3) is 0.375. The molecule has 2 fully saturated rings. The van der Waals surface area contributed by atoms with Crippen molar-refractivity contribution < 1.29 is 4.79 Å². The molecule has 0 unspecified atom stereocenters. The molecule has 1 N–H and O–H groups in total. The summed E-state index contributed by atoms with van der Waals surface area (Å²) in [7, 11) is 4.31. The van der Waals surface area contributed by atoms with Crippen molar-refractivity contribution in [3.05, 3.63) is 67.0 Å². The highest BCUT2D eigenvalue weighted by molar-refractivity contribution is 5.95. The van der Waals surface area contributed by atoms with Crippen molar-refractivity contribution in [2.75, 3.05) is 25.5 Å². The number of rotatable bonds is 4. The third kappa shape index (κ3) is 3.50. The highest BCUT2D eigenvalue weighted by Crippen LogP contribution is 2.46. The predicted molar refractivity (Wildman–Crippen MR) is 122 cm³/mol. The number of hydrogen-bond donors (Lipinski definition) is 1. The van der Waals surface area contributed by atoms with Crippen molar-refractivity contribution in [3.63, 3.8) is 0 Å². The molecule has 3 heterocycles. The van der Waals surface area contributed by atoms with Gasteiger partial charge in [0.1, 0.15) is 6.33 Å². The predicted octanol–water partition coefficient (Wildman–Crippen LogP) is 3.23. The summed E-state index contributed by atoms with van der Waals surface area (Å²) in [6.07, 6.45) is 12.0. The average molecular weight is 430 g/mol. The van der Waals surface area contributed by atoms with Gasteiger partial charge in [-0.15, -0.1) is 0 Å². The Kier molecular flexibility index (Phi) is 5.09. The van der Waals surface area contributed by atoms with Crippen LogP contribution in [0.2, 0.25) is 0 Å². The van der Waals surface area contributed by atoms with E-state index in [0.717, 1.165) is 31.2 Å². The van der Waals surface area contributed by atoms with Gasteiger partial charge in [0.05, 0.1) is 35.7 Å². The van der Waals surface area contributed by atoms with Gasteiger partial charge in [-0.1, -0.05) is 30.3 Å². The minimum atomic E-state index is -0.225. The first-order valence-electron chi connectivity index (χ1n) is 10.9. The first-order chi connectivity index (χ1) is 15.5. The van der Waals surface area contributed by atoms with E-state index in [9.17, 15) is 4.79 Å². The lowest BCUT2D eigenvalue weighted by Gasteiger charge is -2.48. The lowest BCUT2D eigenvalue weighted by molar-refractivity contribution is 0.0658. The second-order valence-corrected chi connectivity index (χ2v) is 8.98. The minimum Gasteiger partial charge on any atom is -0.330 e. The highest BCUT2D eigenvalue weighted by Gasteiger charge is 2.50. The van der Waals surface area contributed by atoms with Gasteiger partial charge >= 0.3 is 6.03 Å². The van der Waals surface area contributed by atoms with E-state index in [0.29, 0.717) is 18.1 Å². The van der Waals surface area contributed by atoms with Crippen LogP contribution in [-0.2, 0) is 5.54 Å². The molecule has 3 aromatic rings. The minimum absolute atomic E-state index is 0.00677. The molecule has 1 spiro atoms. The Morgan fingerprint density at radius 1 is 0.938 bits per heavy atom. The molecule has 2 aliphatic rings. The van der Waals surface area contributed by atoms with Crippen LogP contribution in [0.25, 0.3) is 11.4 Å². The van der Waals surface area contributed by atoms with E-state index < -0.39 is 0 Å². The zero-order chi connectivity index (χ0) is 22.2. The third-order valence-electron chi connectivity index (χ3n) is 7.05. The normalized spacial score (nSPS) is 25.3. The molecule has 164 valence electrons. The van der Waals surface area contributed by atoms with E-state index in [4.69, 9.17) is 0 Å². The molecular formula is C24H27N7O. The van der Waals surface area contributed by atoms with Gasteiger partial charge in [0.25, 0.3) is 0 Å². The molecular weight excluding hydrogens is 402 g/mol. The van der Waals surface area contributed by atoms with E-state index >= 15 is 0 Å². The van der Waals surface area contributed by atoms with E-state index in [1.807, 2.05) is 0 Å². The maximum absolute atomic E-state index is 12.9. The number of amides is 2. The Morgan fingerprint density at radius 3 is 2.22 bits per heavy atom. The van der Waals surface area contributed by atoms with Gasteiger partial charge in [0, 0.05) is 17.9 Å². The summed E-state index contributed by atoms with van der Waals surface area (Å²) < 4.78 is 0. The Morgan fingerprint density at radius 2 is 1.59 bits per heavy atom. The molecule has 1 saturated carbocycles. The fourth-order valence-electron chi connectivity index (χ4n) is 5.11. The van der Waals surface area contributed by atoms with Crippen LogP contribution in [0.3, 0.4) is 0 Å². The van der Waals surface area contributed by atoms with Gasteiger partial charge in [-0.05, 0) is 45.3 Å². The van der Waals surface area contributed by atoms with E-state index in [1.165, 1.54) is 11.9 Å². The molecule has 8 nitrogen and oxygen atoms in total. The molecule has 8 heteroatoms. The van der Waals surface area contributed by atoms with E-state index in [-0.39, 0.29) is 17.1 Å². The molecule has 0 bridgehead atoms. The number of urea groups is 1. The van der Waals surface area contributed by atoms with E-state index in [1.54, 1.807) is 29.7 Å². The lowest BCUT2D eigenvalue weighted by atomic mass is 9.69. The summed E-state index contributed by atoms with van der Waals surface area (Å²) in [4.78, 5) is 33.9. The number of aromatic nitrogens is 4. The maximum Gasteiger partial charge on any atom is 0.322 e. The second kappa shape index (κ2) is 7.94. The Labute approximate surface area is 187 Å². The largest absolute Gasteiger partial charge is 0.330 e. The number of hydrogen-bond acceptors (Lipinski definition) is 6. The number of nitrogens with zero attached hydrogens (tertiary/aromatic N) is 6. The molecule has 1 aromatic carbocycles. The average Bonchev–Trinajstić information content (AvgIpc) is 3.16. The van der Waals surface area contributed by atoms with Gasteiger partial charge in [0.15, 0.2) is 5.82 Å². The summed E-state index contributed by atoms with van der Waals surface area (Å²) in [6, 6.07) is 10.6. The van der Waals surface area contributed by atoms with Crippen molar-refractivity contribution >= 4 is 11.7 Å². The van der Waals surface area contributed by atoms with Crippen LogP contribution in [0.1, 0.15) is 31.2 Å². The molecule has 1 saturated heterocycles. The SMILES string of the molecule is CN(C)C1(c2ccccc2)CCC2(CC1)CN(c1cnc(-c3cncnc3)nc1)C(=O)N2. The quantitative estimate of drug-likeness (QED) is 0.685. The second-order valence-electron chi connectivity index (χ2n) is 8.98. The Balaban J connectivity index is 1.33. The molecule has 1 aliphatic heterocycles. The number of carbonyl (C=O) groups excluding carboxylic acids is 1. The number of anilines is 1. The van der Waals surface area contributed by atoms with Gasteiger partial charge in [-0.2, -0.15) is 0 Å². The van der Waals surface area contributed by atoms with Gasteiger partial charge in [-0.25, -0.2) is 24.7 Å². The molecule has 1 aliphatic carbocycles. The van der Waals surface area contributed by atoms with Crippen LogP contribution < -0.4 is 10.2 Å². The van der Waals surface area contributed by atoms with E-state index in [2.05, 4.69) is 74.6 Å². The van der Waals surface area contributed by atoms with Crippen LogP contribution in [0.4, 0.5) is 10.5 Å². The van der Waals surface area contributed by atoms with Crippen LogP contribution in [0.5, 0.6) is 0 Å². The molecule has 0 atom stereocenters. The summed E-state index contributed by atoms with van der Waals surface area (Å²) in [5.41, 5.74) is 2.56. The van der Waals surface area contributed by atoms with Crippen molar-refractivity contribution in [3.8, 4) is 11.4 Å². The van der Waals surface area contributed by atoms with Crippen LogP contribution in [0, 0.1) is 0 Å². The molecule has 0 radical (unpaired) electrons. The zero-order valence-corrected chi connectivity index (χ0v) is 18.4. The van der Waals surface area contributed by atoms with Gasteiger partial charge in [0.2, 0.25) is 0 Å². The van der Waals surface area contributed by atoms with Crippen LogP contribution in [0.15, 0.2) is 61.4 Å². The number of carbonyl (C=O) groups is 1. The van der Waals surface area contributed by atoms with Crippen molar-refractivity contribution in [2.24, 2.45) is 0 Å². The lowest BCUT2D eigenvalue weighted by Crippen LogP contribution is -2.54. The monoisotopic (exact) mass is 429 g/mol. The van der Waals surface area contributed by atoms with Gasteiger partial charge in [-0.3, -0.25) is 9.80 Å². The standard InChI is InChI=1S/C24H27N7O/c1-30(2)24(19-6-4-3-5-7-19)10-8-23(9-11-24)16-31(22(32)29-23)20-14-27-21(28-15-20)18-12-25-17-26-13-18/h3-7,12-15,17H,8-11,16H2,1-2H3,(H,29,32). The fourth-order valence-corrected chi connectivity index (χ4v) is 5.11. The summed E-state index contributed by atoms with van der Waals surface area (Å²) in [5.74, 6) is 0.542. The van der Waals surface area contributed by atoms with Crippen LogP contribution >= 0.6 is 0 Å². The third-order valence-corrected chi connectivity index (χ3v) is 7.05. The maximum atomic E-state index is 12.9. The number of nitrogens with one attached hydrogen (secondary N) is 1. The van der Waals surface area contributed by atoms with Crippen LogP contribution in [-0.4, -0.2) is 57.0 Å². The summed E-state index contributed by atoms with van der Waals surface area (Å²) >= 11 is 0. The smallest absolute Gasteiger partial charge is 0.322 e. The van der Waals surface area contributed by atoms with Crippen molar-refractivity contribution in [1.29, 1.82) is 0 Å². The topological polar surface area (TPSA) is 87.1 Å². The van der Waals surface area contributed by atoms with Gasteiger partial charge < -0.3 is 5.32 Å². The first kappa shape index (κ1) is 20.5. The molecule has 5 rings (SSSR count). The van der Waals surface area contributed by atoms with Crippen molar-refractivity contribution in [1.82, 2.24) is 30.2 Å². The zero-order valence-electron chi connectivity index (χ0n) is 18.4. The summed E-state index contributed by atoms with van der Waals surface area (Å²) in [6.45, 7) is 0.626. The number of benzene rings is 1. The Hall–Kier alpha value is -3.39. The Bertz CT molecular complexity index is 1080. The molecule has 32 heavy (non-hydrogen) atoms.